The number of likely N-dealkylation sites (tertiary alicyclic amines) is 1. The van der Waals surface area contributed by atoms with E-state index in [1.807, 2.05) is 27.4 Å². The summed E-state index contributed by atoms with van der Waals surface area (Å²) >= 11 is 0. The highest BCUT2D eigenvalue weighted by Crippen LogP contribution is 2.32. The fourth-order valence-corrected chi connectivity index (χ4v) is 4.46. The van der Waals surface area contributed by atoms with Gasteiger partial charge in [0.05, 0.1) is 11.2 Å². The second-order valence-corrected chi connectivity index (χ2v) is 10.6. The number of nitrogens with zero attached hydrogens (tertiary/aromatic N) is 4. The molecule has 1 aliphatic heterocycles. The molecule has 1 saturated heterocycles. The van der Waals surface area contributed by atoms with Crippen LogP contribution in [0.15, 0.2) is 29.3 Å². The van der Waals surface area contributed by atoms with Gasteiger partial charge in [-0.2, -0.15) is 18.2 Å². The molecule has 0 unspecified atom stereocenters. The van der Waals surface area contributed by atoms with Crippen molar-refractivity contribution in [2.24, 2.45) is 12.0 Å². The largest absolute Gasteiger partial charge is 0.416 e. The van der Waals surface area contributed by atoms with Crippen LogP contribution in [0.2, 0.25) is 0 Å². The lowest BCUT2D eigenvalue weighted by molar-refractivity contribution is -0.137. The maximum atomic E-state index is 13.4. The number of unbranched alkanes of at least 4 members (excludes halogenated alkanes) is 1. The minimum Gasteiger partial charge on any atom is -0.388 e. The van der Waals surface area contributed by atoms with E-state index in [4.69, 9.17) is 0 Å². The zero-order chi connectivity index (χ0) is 25.5. The topological polar surface area (TPSA) is 62.8 Å². The summed E-state index contributed by atoms with van der Waals surface area (Å²) < 4.78 is 44.2. The molecule has 0 spiro atoms. The third-order valence-electron chi connectivity index (χ3n) is 6.14. The number of rotatable bonds is 6. The van der Waals surface area contributed by atoms with Gasteiger partial charge in [0, 0.05) is 56.0 Å². The van der Waals surface area contributed by atoms with Gasteiger partial charge in [-0.3, -0.25) is 19.1 Å². The standard InChI is InChI=1S/C25H35F3N4O2/c1-7-8-11-32-21(13-20(30(32)6)23(2,3)4)29-22(33)19-12-18(25(26,27)28)10-9-17(19)14-31-15-24(5,34)16-31/h9-10,12-13,34H,7-8,11,14-16H2,1-6H3. The Bertz CT molecular complexity index is 1110. The Labute approximate surface area is 198 Å². The molecule has 2 heterocycles. The van der Waals surface area contributed by atoms with Crippen LogP contribution in [0.3, 0.4) is 0 Å². The van der Waals surface area contributed by atoms with Crippen LogP contribution in [0.25, 0.3) is 0 Å². The fourth-order valence-electron chi connectivity index (χ4n) is 4.46. The Kier molecular flexibility index (Phi) is 7.20. The third kappa shape index (κ3) is 5.81. The Morgan fingerprint density at radius 1 is 1.18 bits per heavy atom. The number of benzene rings is 1. The molecule has 1 aromatic heterocycles. The van der Waals surface area contributed by atoms with Crippen LogP contribution in [0.5, 0.6) is 0 Å². The smallest absolute Gasteiger partial charge is 0.388 e. The van der Waals surface area contributed by atoms with E-state index >= 15 is 0 Å². The first-order valence-corrected chi connectivity index (χ1v) is 11.6. The summed E-state index contributed by atoms with van der Waals surface area (Å²) in [5.41, 5.74) is -0.0986. The van der Waals surface area contributed by atoms with Crippen molar-refractivity contribution < 1.29 is 23.1 Å². The molecule has 188 valence electrons. The van der Waals surface area contributed by atoms with Crippen LogP contribution in [-0.2, 0) is 31.7 Å². The van der Waals surface area contributed by atoms with Gasteiger partial charge in [0.2, 0.25) is 0 Å². The van der Waals surface area contributed by atoms with E-state index in [0.29, 0.717) is 30.7 Å². The van der Waals surface area contributed by atoms with Crippen molar-refractivity contribution in [2.75, 3.05) is 13.1 Å². The normalized spacial score (nSPS) is 17.2. The summed E-state index contributed by atoms with van der Waals surface area (Å²) in [6.07, 6.45) is -2.73. The van der Waals surface area contributed by atoms with Crippen LogP contribution in [0.4, 0.5) is 13.2 Å². The molecule has 0 atom stereocenters. The summed E-state index contributed by atoms with van der Waals surface area (Å²) in [6.45, 7) is 11.7. The second-order valence-electron chi connectivity index (χ2n) is 10.6. The Balaban J connectivity index is 2.07. The summed E-state index contributed by atoms with van der Waals surface area (Å²) in [7, 11) is 1.91. The van der Waals surface area contributed by atoms with Gasteiger partial charge in [0.25, 0.3) is 5.91 Å². The Morgan fingerprint density at radius 3 is 2.35 bits per heavy atom. The predicted octanol–water partition coefficient (Wildman–Crippen LogP) is 4.25. The Morgan fingerprint density at radius 2 is 1.82 bits per heavy atom. The first-order valence-electron chi connectivity index (χ1n) is 11.6. The molecule has 0 aliphatic carbocycles. The van der Waals surface area contributed by atoms with Crippen molar-refractivity contribution in [2.45, 2.75) is 77.7 Å². The lowest BCUT2D eigenvalue weighted by Gasteiger charge is -2.44. The van der Waals surface area contributed by atoms with Gasteiger partial charge in [-0.15, -0.1) is 0 Å². The molecule has 1 amide bonds. The number of β-amino-alcohol motifs (C(OH)–C–C–N with tert-alkyl or cyclic N) is 1. The van der Waals surface area contributed by atoms with Gasteiger partial charge in [0.15, 0.2) is 5.49 Å². The zero-order valence-electron chi connectivity index (χ0n) is 20.8. The van der Waals surface area contributed by atoms with Gasteiger partial charge < -0.3 is 5.11 Å². The Hall–Kier alpha value is -2.39. The van der Waals surface area contributed by atoms with E-state index < -0.39 is 23.2 Å². The summed E-state index contributed by atoms with van der Waals surface area (Å²) in [5, 5.41) is 10.0. The van der Waals surface area contributed by atoms with Gasteiger partial charge in [-0.05, 0) is 31.0 Å². The molecular formula is C25H35F3N4O2. The number of hydrogen-bond acceptors (Lipinski definition) is 3. The van der Waals surface area contributed by atoms with E-state index in [0.717, 1.165) is 30.7 Å². The van der Waals surface area contributed by atoms with Gasteiger partial charge in [0.1, 0.15) is 0 Å². The average Bonchev–Trinajstić information content (AvgIpc) is 2.99. The van der Waals surface area contributed by atoms with Crippen LogP contribution in [-0.4, -0.2) is 44.0 Å². The highest BCUT2D eigenvalue weighted by Gasteiger charge is 2.37. The minimum atomic E-state index is -4.57. The monoisotopic (exact) mass is 480 g/mol. The SMILES string of the molecule is CCCCn1c(=NC(=O)c2cc(C(F)(F)F)ccc2CN2CC(C)(O)C2)cc(C(C)(C)C)n1C. The van der Waals surface area contributed by atoms with E-state index in [9.17, 15) is 23.1 Å². The van der Waals surface area contributed by atoms with Crippen LogP contribution in [0, 0.1) is 0 Å². The molecule has 1 N–H and O–H groups in total. The maximum Gasteiger partial charge on any atom is 0.416 e. The lowest BCUT2D eigenvalue weighted by Crippen LogP contribution is -2.59. The van der Waals surface area contributed by atoms with Crippen LogP contribution >= 0.6 is 0 Å². The van der Waals surface area contributed by atoms with E-state index in [-0.39, 0.29) is 17.5 Å². The quantitative estimate of drug-likeness (QED) is 0.673. The number of amides is 1. The number of alkyl halides is 3. The van der Waals surface area contributed by atoms with Gasteiger partial charge >= 0.3 is 6.18 Å². The van der Waals surface area contributed by atoms with Crippen LogP contribution in [0.1, 0.15) is 74.6 Å². The highest BCUT2D eigenvalue weighted by molar-refractivity contribution is 5.96. The van der Waals surface area contributed by atoms with Crippen molar-refractivity contribution in [3.05, 3.63) is 52.1 Å². The molecule has 6 nitrogen and oxygen atoms in total. The third-order valence-corrected chi connectivity index (χ3v) is 6.14. The van der Waals surface area contributed by atoms with Crippen molar-refractivity contribution in [1.29, 1.82) is 0 Å². The molecule has 1 aliphatic rings. The molecule has 1 fully saturated rings. The molecule has 9 heteroatoms. The van der Waals surface area contributed by atoms with Gasteiger partial charge in [-0.1, -0.05) is 40.2 Å². The molecular weight excluding hydrogens is 445 g/mol. The number of carbonyl (C=O) groups excluding carboxylic acids is 1. The van der Waals surface area contributed by atoms with Crippen LogP contribution < -0.4 is 5.49 Å². The van der Waals surface area contributed by atoms with Gasteiger partial charge in [-0.25, -0.2) is 0 Å². The van der Waals surface area contributed by atoms with Crippen molar-refractivity contribution >= 4 is 5.91 Å². The molecule has 0 bridgehead atoms. The molecule has 34 heavy (non-hydrogen) atoms. The minimum absolute atomic E-state index is 0.0652. The second kappa shape index (κ2) is 9.34. The number of carbonyl (C=O) groups is 1. The first-order chi connectivity index (χ1) is 15.6. The molecule has 0 saturated carbocycles. The molecule has 2 aromatic rings. The predicted molar refractivity (Wildman–Crippen MR) is 124 cm³/mol. The maximum absolute atomic E-state index is 13.4. The molecule has 0 radical (unpaired) electrons. The van der Waals surface area contributed by atoms with E-state index in [1.165, 1.54) is 6.07 Å². The summed E-state index contributed by atoms with van der Waals surface area (Å²) in [6, 6.07) is 5.07. The number of hydrogen-bond donors (Lipinski definition) is 1. The number of aliphatic hydroxyl groups is 1. The van der Waals surface area contributed by atoms with E-state index in [1.54, 1.807) is 6.92 Å². The van der Waals surface area contributed by atoms with Crippen molar-refractivity contribution in [3.63, 3.8) is 0 Å². The zero-order valence-corrected chi connectivity index (χ0v) is 20.8. The summed E-state index contributed by atoms with van der Waals surface area (Å²) in [4.78, 5) is 19.5. The van der Waals surface area contributed by atoms with E-state index in [2.05, 4.69) is 32.7 Å². The fraction of sp³-hybridized carbons (Fsp3) is 0.600. The number of aromatic nitrogens is 2. The average molecular weight is 481 g/mol. The van der Waals surface area contributed by atoms with Crippen molar-refractivity contribution in [3.8, 4) is 0 Å². The molecule has 1 aromatic carbocycles. The lowest BCUT2D eigenvalue weighted by atomic mass is 9.92. The number of halogens is 3. The summed E-state index contributed by atoms with van der Waals surface area (Å²) in [5.74, 6) is -0.704. The molecule has 3 rings (SSSR count). The van der Waals surface area contributed by atoms with Crippen molar-refractivity contribution in [1.82, 2.24) is 14.3 Å². The highest BCUT2D eigenvalue weighted by atomic mass is 19.4. The first kappa shape index (κ1) is 26.2.